The van der Waals surface area contributed by atoms with Crippen LogP contribution in [0.1, 0.15) is 41.5 Å². The van der Waals surface area contributed by atoms with E-state index in [1.807, 2.05) is 7.11 Å². The van der Waals surface area contributed by atoms with E-state index in [9.17, 15) is 0 Å². The molecule has 2 heteroatoms. The van der Waals surface area contributed by atoms with Gasteiger partial charge in [-0.25, -0.2) is 0 Å². The first kappa shape index (κ1) is 13.0. The molecule has 0 aromatic rings. The number of hydrogen-bond donors (Lipinski definition) is 0. The summed E-state index contributed by atoms with van der Waals surface area (Å²) in [4.78, 5) is 0. The fraction of sp³-hybridized carbons (Fsp3) is 1.00. The predicted molar refractivity (Wildman–Crippen MR) is 61.3 cm³/mol. The highest BCUT2D eigenvalue weighted by Crippen LogP contribution is 2.32. The third kappa shape index (κ3) is 3.72. The van der Waals surface area contributed by atoms with Gasteiger partial charge < -0.3 is 4.65 Å². The van der Waals surface area contributed by atoms with E-state index >= 15 is 0 Å². The van der Waals surface area contributed by atoms with E-state index in [0.717, 1.165) is 0 Å². The standard InChI is InChI=1S/C11H25BO/c1-8(2)10(5)12(13-7)11(6)9(3)4/h8-11H,1-7H3. The summed E-state index contributed by atoms with van der Waals surface area (Å²) in [5.74, 6) is 2.68. The van der Waals surface area contributed by atoms with Crippen molar-refractivity contribution in [2.45, 2.75) is 53.2 Å². The van der Waals surface area contributed by atoms with Crippen molar-refractivity contribution in [1.82, 2.24) is 0 Å². The molecule has 1 nitrogen and oxygen atoms in total. The highest BCUT2D eigenvalue weighted by molar-refractivity contribution is 6.55. The van der Waals surface area contributed by atoms with Crippen molar-refractivity contribution in [1.29, 1.82) is 0 Å². The van der Waals surface area contributed by atoms with Crippen molar-refractivity contribution in [3.8, 4) is 0 Å². The largest absolute Gasteiger partial charge is 0.438 e. The number of hydrogen-bond acceptors (Lipinski definition) is 1. The van der Waals surface area contributed by atoms with Crippen LogP contribution in [0.3, 0.4) is 0 Å². The molecule has 0 spiro atoms. The molecule has 0 aliphatic carbocycles. The fourth-order valence-electron chi connectivity index (χ4n) is 1.67. The molecule has 0 radical (unpaired) electrons. The lowest BCUT2D eigenvalue weighted by Gasteiger charge is -2.29. The first-order valence-electron chi connectivity index (χ1n) is 5.44. The van der Waals surface area contributed by atoms with E-state index in [0.29, 0.717) is 30.4 Å². The summed E-state index contributed by atoms with van der Waals surface area (Å²) >= 11 is 0. The molecular formula is C11H25BO. The zero-order valence-corrected chi connectivity index (χ0v) is 10.3. The summed E-state index contributed by atoms with van der Waals surface area (Å²) in [5, 5.41) is 0. The second-order valence-electron chi connectivity index (χ2n) is 4.91. The van der Waals surface area contributed by atoms with Crippen LogP contribution in [0.5, 0.6) is 0 Å². The molecule has 2 unspecified atom stereocenters. The molecule has 0 bridgehead atoms. The Hall–Kier alpha value is 0.0249. The van der Waals surface area contributed by atoms with E-state index in [4.69, 9.17) is 4.65 Å². The molecule has 0 amide bonds. The summed E-state index contributed by atoms with van der Waals surface area (Å²) in [7, 11) is 1.84. The van der Waals surface area contributed by atoms with Gasteiger partial charge in [0.25, 0.3) is 6.92 Å². The van der Waals surface area contributed by atoms with E-state index in [2.05, 4.69) is 41.5 Å². The smallest absolute Gasteiger partial charge is 0.298 e. The normalized spacial score (nSPS) is 16.4. The van der Waals surface area contributed by atoms with E-state index in [-0.39, 0.29) is 0 Å². The highest BCUT2D eigenvalue weighted by Gasteiger charge is 2.32. The van der Waals surface area contributed by atoms with Crippen LogP contribution in [0, 0.1) is 11.8 Å². The van der Waals surface area contributed by atoms with Crippen LogP contribution in [0.15, 0.2) is 0 Å². The summed E-state index contributed by atoms with van der Waals surface area (Å²) in [6.45, 7) is 14.1. The van der Waals surface area contributed by atoms with Gasteiger partial charge in [-0.3, -0.25) is 0 Å². The molecule has 0 heterocycles. The van der Waals surface area contributed by atoms with Crippen molar-refractivity contribution >= 4 is 6.92 Å². The first-order valence-corrected chi connectivity index (χ1v) is 5.44. The Morgan fingerprint density at radius 3 is 1.23 bits per heavy atom. The Bertz CT molecular complexity index is 120. The molecule has 78 valence electrons. The minimum absolute atomic E-state index is 0.403. The topological polar surface area (TPSA) is 9.23 Å². The Kier molecular flexibility index (Phi) is 5.70. The summed E-state index contributed by atoms with van der Waals surface area (Å²) in [5.41, 5.74) is 0. The molecule has 13 heavy (non-hydrogen) atoms. The van der Waals surface area contributed by atoms with Crippen LogP contribution in [0.4, 0.5) is 0 Å². The number of rotatable bonds is 5. The van der Waals surface area contributed by atoms with Gasteiger partial charge in [0.05, 0.1) is 0 Å². The van der Waals surface area contributed by atoms with Crippen molar-refractivity contribution in [3.63, 3.8) is 0 Å². The van der Waals surface area contributed by atoms with Gasteiger partial charge in [0.1, 0.15) is 0 Å². The Labute approximate surface area is 84.4 Å². The molecule has 0 aliphatic rings. The van der Waals surface area contributed by atoms with Gasteiger partial charge in [-0.2, -0.15) is 0 Å². The van der Waals surface area contributed by atoms with Gasteiger partial charge in [0, 0.05) is 7.11 Å². The molecule has 0 saturated heterocycles. The average molecular weight is 184 g/mol. The minimum atomic E-state index is 0.403. The van der Waals surface area contributed by atoms with Gasteiger partial charge in [-0.15, -0.1) is 0 Å². The SMILES string of the molecule is COB(C(C)C(C)C)C(C)C(C)C. The van der Waals surface area contributed by atoms with Crippen LogP contribution >= 0.6 is 0 Å². The summed E-state index contributed by atoms with van der Waals surface area (Å²) < 4.78 is 5.60. The lowest BCUT2D eigenvalue weighted by molar-refractivity contribution is 0.367. The average Bonchev–Trinajstić information content (AvgIpc) is 2.04. The van der Waals surface area contributed by atoms with Crippen LogP contribution in [0.25, 0.3) is 0 Å². The van der Waals surface area contributed by atoms with Crippen molar-refractivity contribution in [3.05, 3.63) is 0 Å². The molecule has 0 aromatic heterocycles. The van der Waals surface area contributed by atoms with Gasteiger partial charge >= 0.3 is 0 Å². The van der Waals surface area contributed by atoms with Gasteiger partial charge in [-0.05, 0) is 23.5 Å². The molecule has 0 saturated carbocycles. The minimum Gasteiger partial charge on any atom is -0.438 e. The monoisotopic (exact) mass is 184 g/mol. The van der Waals surface area contributed by atoms with Crippen molar-refractivity contribution < 1.29 is 4.65 Å². The fourth-order valence-corrected chi connectivity index (χ4v) is 1.67. The molecule has 0 aliphatic heterocycles. The molecule has 0 rings (SSSR count). The molecule has 2 atom stereocenters. The van der Waals surface area contributed by atoms with Crippen molar-refractivity contribution in [2.24, 2.45) is 11.8 Å². The second-order valence-corrected chi connectivity index (χ2v) is 4.91. The molecule has 0 aromatic carbocycles. The van der Waals surface area contributed by atoms with Gasteiger partial charge in [0.2, 0.25) is 0 Å². The zero-order chi connectivity index (χ0) is 10.6. The quantitative estimate of drug-likeness (QED) is 0.591. The lowest BCUT2D eigenvalue weighted by atomic mass is 9.43. The van der Waals surface area contributed by atoms with E-state index in [1.165, 1.54) is 0 Å². The van der Waals surface area contributed by atoms with Crippen molar-refractivity contribution in [2.75, 3.05) is 7.11 Å². The van der Waals surface area contributed by atoms with Crippen LogP contribution in [-0.2, 0) is 4.65 Å². The maximum atomic E-state index is 5.60. The lowest BCUT2D eigenvalue weighted by Crippen LogP contribution is -2.31. The third-order valence-electron chi connectivity index (χ3n) is 3.41. The Morgan fingerprint density at radius 2 is 1.08 bits per heavy atom. The second kappa shape index (κ2) is 5.69. The molecule has 0 fully saturated rings. The highest BCUT2D eigenvalue weighted by atomic mass is 16.4. The maximum absolute atomic E-state index is 5.60. The zero-order valence-electron chi connectivity index (χ0n) is 10.3. The van der Waals surface area contributed by atoms with Crippen LogP contribution in [-0.4, -0.2) is 14.0 Å². The van der Waals surface area contributed by atoms with Crippen LogP contribution in [0.2, 0.25) is 11.6 Å². The predicted octanol–water partition coefficient (Wildman–Crippen LogP) is 3.72. The molecule has 0 N–H and O–H groups in total. The Morgan fingerprint density at radius 1 is 0.769 bits per heavy atom. The molecular weight excluding hydrogens is 159 g/mol. The summed E-state index contributed by atoms with van der Waals surface area (Å²) in [6, 6.07) is 0. The summed E-state index contributed by atoms with van der Waals surface area (Å²) in [6.07, 6.45) is 0. The van der Waals surface area contributed by atoms with E-state index in [1.54, 1.807) is 0 Å². The third-order valence-corrected chi connectivity index (χ3v) is 3.41. The van der Waals surface area contributed by atoms with Crippen LogP contribution < -0.4 is 0 Å². The Balaban J connectivity index is 4.31. The van der Waals surface area contributed by atoms with E-state index < -0.39 is 0 Å². The first-order chi connectivity index (χ1) is 5.91. The maximum Gasteiger partial charge on any atom is 0.298 e. The van der Waals surface area contributed by atoms with Gasteiger partial charge in [-0.1, -0.05) is 41.5 Å². The van der Waals surface area contributed by atoms with Gasteiger partial charge in [0.15, 0.2) is 0 Å².